The van der Waals surface area contributed by atoms with Crippen LogP contribution >= 0.6 is 0 Å². The van der Waals surface area contributed by atoms with E-state index in [1.165, 1.54) is 4.31 Å². The normalized spacial score (nSPS) is 22.8. The number of Topliss-reactive ketones (excluding diaryl/α,β-unsaturated/α-hetero) is 1. The first kappa shape index (κ1) is 24.6. The van der Waals surface area contributed by atoms with E-state index in [2.05, 4.69) is 0 Å². The molecule has 0 N–H and O–H groups in total. The summed E-state index contributed by atoms with van der Waals surface area (Å²) in [6, 6.07) is 8.36. The number of allylic oxidation sites excluding steroid dienone is 2. The molecule has 2 aromatic rings. The van der Waals surface area contributed by atoms with E-state index < -0.39 is 10.0 Å². The van der Waals surface area contributed by atoms with Crippen LogP contribution in [-0.2, 0) is 24.3 Å². The largest absolute Gasteiger partial charge is 0.379 e. The summed E-state index contributed by atoms with van der Waals surface area (Å²) in [5.41, 5.74) is 2.39. The van der Waals surface area contributed by atoms with Crippen molar-refractivity contribution in [3.63, 3.8) is 0 Å². The Balaban J connectivity index is 1.41. The van der Waals surface area contributed by atoms with Gasteiger partial charge in [-0.05, 0) is 51.0 Å². The van der Waals surface area contributed by atoms with Crippen LogP contribution in [0.2, 0.25) is 0 Å². The zero-order chi connectivity index (χ0) is 25.6. The first-order valence-electron chi connectivity index (χ1n) is 12.1. The lowest BCUT2D eigenvalue weighted by molar-refractivity contribution is -0.139. The van der Waals surface area contributed by atoms with E-state index >= 15 is 0 Å². The van der Waals surface area contributed by atoms with Crippen LogP contribution in [0.3, 0.4) is 0 Å². The van der Waals surface area contributed by atoms with E-state index in [0.717, 1.165) is 10.6 Å². The van der Waals surface area contributed by atoms with Gasteiger partial charge in [-0.1, -0.05) is 18.2 Å². The summed E-state index contributed by atoms with van der Waals surface area (Å²) in [5.74, 6) is -1.63. The highest BCUT2D eigenvalue weighted by Crippen LogP contribution is 2.35. The predicted octanol–water partition coefficient (Wildman–Crippen LogP) is 2.25. The quantitative estimate of drug-likeness (QED) is 0.335. The second-order valence-electron chi connectivity index (χ2n) is 9.48. The summed E-state index contributed by atoms with van der Waals surface area (Å²) in [5, 5.41) is 0. The van der Waals surface area contributed by atoms with Crippen molar-refractivity contribution in [3.8, 4) is 5.69 Å². The molecule has 1 aromatic carbocycles. The average Bonchev–Trinajstić information content (AvgIpc) is 3.32. The molecule has 10 heteroatoms. The van der Waals surface area contributed by atoms with Crippen LogP contribution < -0.4 is 0 Å². The highest BCUT2D eigenvalue weighted by Gasteiger charge is 2.47. The lowest BCUT2D eigenvalue weighted by Gasteiger charge is -2.26. The minimum absolute atomic E-state index is 0.173. The second-order valence-corrected chi connectivity index (χ2v) is 11.4. The number of aryl methyl sites for hydroxylation is 1. The number of amides is 2. The standard InChI is InChI=1S/C26H29N3O6S/c1-17-14-23(24(30)16-28-25(31)21-8-3-4-9-22(21)26(28)32)18(2)29(17)19-6-5-7-20(15-19)36(33,34)27-10-12-35-13-11-27/h3-7,14-15,21-22H,8-13,16H2,1-2H3/t21-,22-/m1/s1. The Morgan fingerprint density at radius 2 is 1.64 bits per heavy atom. The van der Waals surface area contributed by atoms with Crippen LogP contribution in [0.4, 0.5) is 0 Å². The molecule has 2 fully saturated rings. The highest BCUT2D eigenvalue weighted by molar-refractivity contribution is 7.89. The fourth-order valence-corrected chi connectivity index (χ4v) is 6.86. The molecule has 0 radical (unpaired) electrons. The molecule has 0 spiro atoms. The maximum absolute atomic E-state index is 13.3. The van der Waals surface area contributed by atoms with Crippen molar-refractivity contribution in [2.24, 2.45) is 11.8 Å². The van der Waals surface area contributed by atoms with Crippen LogP contribution in [0.5, 0.6) is 0 Å². The molecule has 2 amide bonds. The lowest BCUT2D eigenvalue weighted by Crippen LogP contribution is -2.40. The van der Waals surface area contributed by atoms with Crippen LogP contribution in [-0.4, -0.2) is 72.6 Å². The van der Waals surface area contributed by atoms with Crippen LogP contribution in [0.15, 0.2) is 47.4 Å². The number of fused-ring (bicyclic) bond motifs is 1. The number of carbonyl (C=O) groups excluding carboxylic acids is 3. The molecule has 2 aliphatic heterocycles. The van der Waals surface area contributed by atoms with Gasteiger partial charge in [0.25, 0.3) is 0 Å². The molecule has 190 valence electrons. The Bertz CT molecular complexity index is 1340. The average molecular weight is 512 g/mol. The number of morpholine rings is 1. The van der Waals surface area contributed by atoms with Gasteiger partial charge >= 0.3 is 0 Å². The van der Waals surface area contributed by atoms with Gasteiger partial charge in [0.1, 0.15) is 0 Å². The summed E-state index contributed by atoms with van der Waals surface area (Å²) in [6.07, 6.45) is 4.88. The fourth-order valence-electron chi connectivity index (χ4n) is 5.42. The minimum atomic E-state index is -3.68. The molecule has 0 bridgehead atoms. The summed E-state index contributed by atoms with van der Waals surface area (Å²) < 4.78 is 34.8. The fraction of sp³-hybridized carbons (Fsp3) is 0.423. The number of likely N-dealkylation sites (tertiary alicyclic amines) is 1. The van der Waals surface area contributed by atoms with Crippen molar-refractivity contribution >= 4 is 27.6 Å². The van der Waals surface area contributed by atoms with Crippen molar-refractivity contribution in [1.29, 1.82) is 0 Å². The molecule has 1 aromatic heterocycles. The number of hydrogen-bond acceptors (Lipinski definition) is 6. The summed E-state index contributed by atoms with van der Waals surface area (Å²) in [6.45, 7) is 4.65. The highest BCUT2D eigenvalue weighted by atomic mass is 32.2. The number of benzene rings is 1. The number of nitrogens with zero attached hydrogens (tertiary/aromatic N) is 3. The molecular formula is C26H29N3O6S. The molecular weight excluding hydrogens is 482 g/mol. The third kappa shape index (κ3) is 4.12. The van der Waals surface area contributed by atoms with E-state index in [-0.39, 0.29) is 40.9 Å². The maximum atomic E-state index is 13.3. The van der Waals surface area contributed by atoms with Gasteiger partial charge in [-0.25, -0.2) is 8.42 Å². The number of sulfonamides is 1. The molecule has 3 heterocycles. The van der Waals surface area contributed by atoms with Crippen LogP contribution in [0.1, 0.15) is 34.6 Å². The minimum Gasteiger partial charge on any atom is -0.379 e. The van der Waals surface area contributed by atoms with E-state index in [9.17, 15) is 22.8 Å². The monoisotopic (exact) mass is 511 g/mol. The zero-order valence-electron chi connectivity index (χ0n) is 20.3. The third-order valence-corrected chi connectivity index (χ3v) is 9.21. The van der Waals surface area contributed by atoms with Crippen molar-refractivity contribution in [2.45, 2.75) is 31.6 Å². The Morgan fingerprint density at radius 1 is 1.00 bits per heavy atom. The van der Waals surface area contributed by atoms with Gasteiger partial charge in [0.2, 0.25) is 21.8 Å². The molecule has 5 rings (SSSR count). The SMILES string of the molecule is Cc1cc(C(=O)CN2C(=O)[C@@H]3CC=CC[C@H]3C2=O)c(C)n1-c1cccc(S(=O)(=O)N2CCOCC2)c1. The molecule has 9 nitrogen and oxygen atoms in total. The van der Waals surface area contributed by atoms with Gasteiger partial charge in [-0.3, -0.25) is 19.3 Å². The lowest BCUT2D eigenvalue weighted by atomic mass is 9.85. The number of carbonyl (C=O) groups is 3. The van der Waals surface area contributed by atoms with E-state index in [0.29, 0.717) is 56.1 Å². The van der Waals surface area contributed by atoms with Gasteiger partial charge in [-0.15, -0.1) is 0 Å². The molecule has 2 saturated heterocycles. The number of aromatic nitrogens is 1. The summed E-state index contributed by atoms with van der Waals surface area (Å²) in [7, 11) is -3.68. The van der Waals surface area contributed by atoms with Crippen molar-refractivity contribution < 1.29 is 27.5 Å². The van der Waals surface area contributed by atoms with Crippen LogP contribution in [0, 0.1) is 25.7 Å². The van der Waals surface area contributed by atoms with E-state index in [4.69, 9.17) is 4.74 Å². The topological polar surface area (TPSA) is 106 Å². The Hall–Kier alpha value is -3.08. The third-order valence-electron chi connectivity index (χ3n) is 7.32. The summed E-state index contributed by atoms with van der Waals surface area (Å²) >= 11 is 0. The van der Waals surface area contributed by atoms with E-state index in [1.54, 1.807) is 37.3 Å². The summed E-state index contributed by atoms with van der Waals surface area (Å²) in [4.78, 5) is 40.1. The first-order valence-corrected chi connectivity index (χ1v) is 13.5. The maximum Gasteiger partial charge on any atom is 0.243 e. The van der Waals surface area contributed by atoms with E-state index in [1.807, 2.05) is 23.6 Å². The number of ketones is 1. The van der Waals surface area contributed by atoms with Gasteiger partial charge in [-0.2, -0.15) is 4.31 Å². The zero-order valence-corrected chi connectivity index (χ0v) is 21.2. The van der Waals surface area contributed by atoms with Gasteiger partial charge in [0.05, 0.1) is 36.5 Å². The van der Waals surface area contributed by atoms with Gasteiger partial charge in [0.15, 0.2) is 5.78 Å². The number of imide groups is 1. The molecule has 2 atom stereocenters. The molecule has 0 unspecified atom stereocenters. The van der Waals surface area contributed by atoms with Crippen molar-refractivity contribution in [3.05, 3.63) is 59.4 Å². The number of rotatable bonds is 6. The molecule has 0 saturated carbocycles. The molecule has 1 aliphatic carbocycles. The Labute approximate surface area is 210 Å². The first-order chi connectivity index (χ1) is 17.2. The van der Waals surface area contributed by atoms with Gasteiger partial charge < -0.3 is 9.30 Å². The van der Waals surface area contributed by atoms with Crippen molar-refractivity contribution in [1.82, 2.24) is 13.8 Å². The number of hydrogen-bond donors (Lipinski definition) is 0. The molecule has 3 aliphatic rings. The van der Waals surface area contributed by atoms with Crippen LogP contribution in [0.25, 0.3) is 5.69 Å². The van der Waals surface area contributed by atoms with Gasteiger partial charge in [0, 0.05) is 35.7 Å². The second kappa shape index (κ2) is 9.42. The Morgan fingerprint density at radius 3 is 2.28 bits per heavy atom. The predicted molar refractivity (Wildman–Crippen MR) is 131 cm³/mol. The smallest absolute Gasteiger partial charge is 0.243 e. The molecule has 36 heavy (non-hydrogen) atoms. The number of ether oxygens (including phenoxy) is 1. The van der Waals surface area contributed by atoms with Crippen molar-refractivity contribution in [2.75, 3.05) is 32.8 Å². The Kier molecular flexibility index (Phi) is 6.44.